The summed E-state index contributed by atoms with van der Waals surface area (Å²) in [4.78, 5) is 12.2. The Morgan fingerprint density at radius 3 is 2.10 bits per heavy atom. The molecule has 0 saturated carbocycles. The van der Waals surface area contributed by atoms with Gasteiger partial charge < -0.3 is 11.1 Å². The molecule has 0 aromatic heterocycles. The third kappa shape index (κ3) is 4.11. The molecule has 0 spiro atoms. The van der Waals surface area contributed by atoms with Crippen molar-refractivity contribution >= 4 is 23.2 Å². The second kappa shape index (κ2) is 5.50. The molecule has 0 atom stereocenters. The van der Waals surface area contributed by atoms with E-state index in [1.807, 2.05) is 0 Å². The number of nitrogens with two attached hydrogens (primary N) is 1. The van der Waals surface area contributed by atoms with Gasteiger partial charge in [0.1, 0.15) is 0 Å². The van der Waals surface area contributed by atoms with E-state index in [0.29, 0.717) is 0 Å². The number of alkyl halides is 3. The molecule has 21 heavy (non-hydrogen) atoms. The van der Waals surface area contributed by atoms with Gasteiger partial charge in [0.25, 0.3) is 0 Å². The fraction of sp³-hybridized carbons (Fsp3) is 0.500. The zero-order chi connectivity index (χ0) is 16.6. The number of halogens is 4. The maximum absolute atomic E-state index is 12.7. The highest BCUT2D eigenvalue weighted by Crippen LogP contribution is 2.34. The molecule has 3 nitrogen and oxygen atoms in total. The number of carbonyl (C=O) groups excluding carboxylic acids is 1. The number of nitrogens with one attached hydrogen (secondary N) is 1. The van der Waals surface area contributed by atoms with Crippen LogP contribution in [0.1, 0.15) is 33.3 Å². The molecule has 0 heterocycles. The average Bonchev–Trinajstić information content (AvgIpc) is 2.25. The van der Waals surface area contributed by atoms with Gasteiger partial charge in [-0.25, -0.2) is 0 Å². The first-order valence-electron chi connectivity index (χ1n) is 6.23. The molecule has 1 amide bonds. The summed E-state index contributed by atoms with van der Waals surface area (Å²) >= 11 is 5.67. The molecule has 0 aliphatic heterocycles. The zero-order valence-electron chi connectivity index (χ0n) is 12.2. The van der Waals surface area contributed by atoms with Crippen molar-refractivity contribution in [3.63, 3.8) is 0 Å². The molecule has 3 N–H and O–H groups in total. The Labute approximate surface area is 126 Å². The quantitative estimate of drug-likeness (QED) is 0.881. The van der Waals surface area contributed by atoms with Crippen LogP contribution < -0.4 is 11.1 Å². The summed E-state index contributed by atoms with van der Waals surface area (Å²) in [6, 6.07) is 2.90. The van der Waals surface area contributed by atoms with Crippen LogP contribution in [0.3, 0.4) is 0 Å². The molecule has 1 aromatic rings. The summed E-state index contributed by atoms with van der Waals surface area (Å²) < 4.78 is 38.2. The predicted molar refractivity (Wildman–Crippen MR) is 77.1 cm³/mol. The SMILES string of the molecule is CC(C)(N)C(C)(C)C(=O)Nc1cc(Cl)cc(C(F)(F)F)c1. The second-order valence-electron chi connectivity index (χ2n) is 6.03. The highest BCUT2D eigenvalue weighted by molar-refractivity contribution is 6.31. The van der Waals surface area contributed by atoms with Gasteiger partial charge in [0.05, 0.1) is 11.0 Å². The Morgan fingerprint density at radius 2 is 1.67 bits per heavy atom. The maximum Gasteiger partial charge on any atom is 0.416 e. The Balaban J connectivity index is 3.10. The second-order valence-corrected chi connectivity index (χ2v) is 6.46. The number of anilines is 1. The van der Waals surface area contributed by atoms with E-state index in [0.717, 1.165) is 12.1 Å². The molecule has 0 bridgehead atoms. The fourth-order valence-corrected chi connectivity index (χ4v) is 1.64. The van der Waals surface area contributed by atoms with E-state index in [1.165, 1.54) is 6.07 Å². The lowest BCUT2D eigenvalue weighted by molar-refractivity contribution is -0.137. The Hall–Kier alpha value is -1.27. The van der Waals surface area contributed by atoms with Gasteiger partial charge in [0, 0.05) is 16.2 Å². The Bertz CT molecular complexity index is 548. The smallest absolute Gasteiger partial charge is 0.326 e. The van der Waals surface area contributed by atoms with Crippen LogP contribution >= 0.6 is 11.6 Å². The van der Waals surface area contributed by atoms with Gasteiger partial charge >= 0.3 is 6.18 Å². The lowest BCUT2D eigenvalue weighted by Crippen LogP contribution is -2.53. The Kier molecular flexibility index (Phi) is 4.65. The van der Waals surface area contributed by atoms with Crippen molar-refractivity contribution < 1.29 is 18.0 Å². The molecule has 1 aromatic carbocycles. The highest BCUT2D eigenvalue weighted by atomic mass is 35.5. The first kappa shape index (κ1) is 17.8. The molecule has 0 radical (unpaired) electrons. The number of rotatable bonds is 3. The summed E-state index contributed by atoms with van der Waals surface area (Å²) in [6.07, 6.45) is -4.53. The first-order valence-corrected chi connectivity index (χ1v) is 6.61. The van der Waals surface area contributed by atoms with Gasteiger partial charge in [-0.1, -0.05) is 11.6 Å². The number of hydrogen-bond acceptors (Lipinski definition) is 2. The Morgan fingerprint density at radius 1 is 1.14 bits per heavy atom. The van der Waals surface area contributed by atoms with E-state index in [2.05, 4.69) is 5.32 Å². The molecule has 0 fully saturated rings. The largest absolute Gasteiger partial charge is 0.416 e. The van der Waals surface area contributed by atoms with Crippen LogP contribution in [-0.2, 0) is 11.0 Å². The highest BCUT2D eigenvalue weighted by Gasteiger charge is 2.40. The van der Waals surface area contributed by atoms with Crippen LogP contribution in [0.25, 0.3) is 0 Å². The first-order chi connectivity index (χ1) is 9.25. The standard InChI is InChI=1S/C14H18ClF3N2O/c1-12(2,13(3,4)19)11(21)20-10-6-8(14(16,17)18)5-9(15)7-10/h5-7H,19H2,1-4H3,(H,20,21). The fourth-order valence-electron chi connectivity index (χ4n) is 1.41. The van der Waals surface area contributed by atoms with E-state index in [9.17, 15) is 18.0 Å². The molecule has 1 rings (SSSR count). The molecular weight excluding hydrogens is 305 g/mol. The monoisotopic (exact) mass is 322 g/mol. The minimum Gasteiger partial charge on any atom is -0.326 e. The van der Waals surface area contributed by atoms with Crippen LogP contribution in [0, 0.1) is 5.41 Å². The van der Waals surface area contributed by atoms with Crippen LogP contribution in [0.15, 0.2) is 18.2 Å². The number of amides is 1. The van der Waals surface area contributed by atoms with E-state index < -0.39 is 28.6 Å². The summed E-state index contributed by atoms with van der Waals surface area (Å²) in [6.45, 7) is 6.59. The van der Waals surface area contributed by atoms with E-state index in [-0.39, 0.29) is 10.7 Å². The molecule has 7 heteroatoms. The zero-order valence-corrected chi connectivity index (χ0v) is 13.0. The van der Waals surface area contributed by atoms with Crippen molar-refractivity contribution in [3.8, 4) is 0 Å². The van der Waals surface area contributed by atoms with Gasteiger partial charge in [-0.05, 0) is 45.9 Å². The summed E-state index contributed by atoms with van der Waals surface area (Å²) in [5.41, 5.74) is 3.17. The van der Waals surface area contributed by atoms with Crippen molar-refractivity contribution in [2.45, 2.75) is 39.4 Å². The summed E-state index contributed by atoms with van der Waals surface area (Å²) in [7, 11) is 0. The van der Waals surface area contributed by atoms with Crippen molar-refractivity contribution in [1.82, 2.24) is 0 Å². The van der Waals surface area contributed by atoms with Gasteiger partial charge in [0.15, 0.2) is 0 Å². The van der Waals surface area contributed by atoms with Crippen molar-refractivity contribution in [2.24, 2.45) is 11.1 Å². The molecule has 0 aliphatic rings. The van der Waals surface area contributed by atoms with Crippen LogP contribution in [0.4, 0.5) is 18.9 Å². The topological polar surface area (TPSA) is 55.1 Å². The lowest BCUT2D eigenvalue weighted by atomic mass is 9.74. The number of benzene rings is 1. The van der Waals surface area contributed by atoms with Gasteiger partial charge in [0.2, 0.25) is 5.91 Å². The third-order valence-corrected chi connectivity index (χ3v) is 3.88. The van der Waals surface area contributed by atoms with Gasteiger partial charge in [-0.15, -0.1) is 0 Å². The van der Waals surface area contributed by atoms with Gasteiger partial charge in [-0.2, -0.15) is 13.2 Å². The van der Waals surface area contributed by atoms with E-state index in [1.54, 1.807) is 27.7 Å². The van der Waals surface area contributed by atoms with Crippen molar-refractivity contribution in [2.75, 3.05) is 5.32 Å². The molecular formula is C14H18ClF3N2O. The van der Waals surface area contributed by atoms with E-state index >= 15 is 0 Å². The van der Waals surface area contributed by atoms with Crippen LogP contribution in [0.5, 0.6) is 0 Å². The summed E-state index contributed by atoms with van der Waals surface area (Å²) in [5, 5.41) is 2.33. The lowest BCUT2D eigenvalue weighted by Gasteiger charge is -2.36. The predicted octanol–water partition coefficient (Wildman–Crippen LogP) is 4.06. The molecule has 0 aliphatic carbocycles. The number of hydrogen-bond donors (Lipinski definition) is 2. The molecule has 0 unspecified atom stereocenters. The minimum atomic E-state index is -4.53. The normalized spacial score (nSPS) is 13.2. The number of carbonyl (C=O) groups is 1. The molecule has 0 saturated heterocycles. The van der Waals surface area contributed by atoms with Gasteiger partial charge in [-0.3, -0.25) is 4.79 Å². The van der Waals surface area contributed by atoms with Crippen molar-refractivity contribution in [3.05, 3.63) is 28.8 Å². The minimum absolute atomic E-state index is 0.0165. The maximum atomic E-state index is 12.7. The van der Waals surface area contributed by atoms with Crippen LogP contribution in [-0.4, -0.2) is 11.4 Å². The van der Waals surface area contributed by atoms with Crippen molar-refractivity contribution in [1.29, 1.82) is 0 Å². The van der Waals surface area contributed by atoms with Crippen LogP contribution in [0.2, 0.25) is 5.02 Å². The summed E-state index contributed by atoms with van der Waals surface area (Å²) in [5.74, 6) is -0.481. The third-order valence-electron chi connectivity index (χ3n) is 3.66. The average molecular weight is 323 g/mol. The van der Waals surface area contributed by atoms with E-state index in [4.69, 9.17) is 17.3 Å². The molecule has 118 valence electrons.